The molecule has 2 aromatic heterocycles. The number of halogens is 4. The van der Waals surface area contributed by atoms with E-state index in [1.165, 1.54) is 12.1 Å². The lowest BCUT2D eigenvalue weighted by Gasteiger charge is -2.35. The molecule has 0 atom stereocenters. The van der Waals surface area contributed by atoms with E-state index in [-0.39, 0.29) is 23.9 Å². The smallest absolute Gasteiger partial charge is 0.339 e. The number of H-pyrrole nitrogens is 1. The molecule has 0 spiro atoms. The molecule has 0 aliphatic carbocycles. The largest absolute Gasteiger partial charge is 0.406 e. The highest BCUT2D eigenvalue weighted by molar-refractivity contribution is 6.00. The topological polar surface area (TPSA) is 82.2 Å². The summed E-state index contributed by atoms with van der Waals surface area (Å²) < 4.78 is 53.5. The molecular weight excluding hydrogens is 526 g/mol. The van der Waals surface area contributed by atoms with Crippen molar-refractivity contribution < 1.29 is 27.2 Å². The van der Waals surface area contributed by atoms with Gasteiger partial charge in [-0.15, -0.1) is 0 Å². The van der Waals surface area contributed by atoms with Crippen LogP contribution in [0.3, 0.4) is 0 Å². The second-order valence-electron chi connectivity index (χ2n) is 10.0. The first kappa shape index (κ1) is 27.3. The lowest BCUT2D eigenvalue weighted by Crippen LogP contribution is -2.45. The van der Waals surface area contributed by atoms with Crippen molar-refractivity contribution in [3.63, 3.8) is 0 Å². The van der Waals surface area contributed by atoms with Gasteiger partial charge in [-0.05, 0) is 67.6 Å². The standard InChI is InChI=1S/C29H27F4N5O2/c1-18-23(7-9-26-24(18)15-35-36-26)28(40)38(17-29(31,32)33)16-19-10-12-37(13-11-19)27(39)21-4-2-20(3-5-21)25-8-6-22(30)14-34-25/h2-9,14-15,19H,10-13,16-17H2,1H3,(H,35,36). The third-order valence-electron chi connectivity index (χ3n) is 7.31. The van der Waals surface area contributed by atoms with Crippen molar-refractivity contribution in [2.75, 3.05) is 26.2 Å². The van der Waals surface area contributed by atoms with Gasteiger partial charge < -0.3 is 9.80 Å². The number of hydrogen-bond donors (Lipinski definition) is 1. The molecule has 11 heteroatoms. The molecule has 0 saturated carbocycles. The Kier molecular flexibility index (Phi) is 7.55. The number of hydrogen-bond acceptors (Lipinski definition) is 4. The predicted octanol–water partition coefficient (Wildman–Crippen LogP) is 5.63. The van der Waals surface area contributed by atoms with E-state index in [0.717, 1.165) is 16.7 Å². The van der Waals surface area contributed by atoms with Gasteiger partial charge in [0, 0.05) is 47.9 Å². The van der Waals surface area contributed by atoms with Crippen LogP contribution in [0.4, 0.5) is 17.6 Å². The quantitative estimate of drug-likeness (QED) is 0.314. The molecule has 7 nitrogen and oxygen atoms in total. The number of carbonyl (C=O) groups excluding carboxylic acids is 2. The molecule has 3 heterocycles. The molecule has 40 heavy (non-hydrogen) atoms. The molecular formula is C29H27F4N5O2. The van der Waals surface area contributed by atoms with Crippen LogP contribution in [0.25, 0.3) is 22.2 Å². The van der Waals surface area contributed by atoms with Crippen molar-refractivity contribution in [2.45, 2.75) is 25.9 Å². The first-order chi connectivity index (χ1) is 19.1. The number of aromatic nitrogens is 3. The maximum absolute atomic E-state index is 13.5. The minimum atomic E-state index is -4.55. The maximum Gasteiger partial charge on any atom is 0.406 e. The van der Waals surface area contributed by atoms with Crippen LogP contribution in [0, 0.1) is 18.7 Å². The number of alkyl halides is 3. The summed E-state index contributed by atoms with van der Waals surface area (Å²) in [5.41, 5.74) is 3.22. The van der Waals surface area contributed by atoms with Crippen LogP contribution >= 0.6 is 0 Å². The van der Waals surface area contributed by atoms with Crippen LogP contribution in [-0.4, -0.2) is 69.2 Å². The fraction of sp³-hybridized carbons (Fsp3) is 0.310. The molecule has 1 fully saturated rings. The fourth-order valence-corrected chi connectivity index (χ4v) is 5.14. The highest BCUT2D eigenvalue weighted by Gasteiger charge is 2.36. The number of rotatable bonds is 6. The molecule has 2 aromatic carbocycles. The Morgan fingerprint density at radius 1 is 1.05 bits per heavy atom. The molecule has 1 saturated heterocycles. The van der Waals surface area contributed by atoms with Gasteiger partial charge in [-0.1, -0.05) is 12.1 Å². The van der Waals surface area contributed by atoms with E-state index in [1.54, 1.807) is 54.4 Å². The summed E-state index contributed by atoms with van der Waals surface area (Å²) >= 11 is 0. The highest BCUT2D eigenvalue weighted by atomic mass is 19.4. The second kappa shape index (κ2) is 11.1. The molecule has 0 bridgehead atoms. The minimum Gasteiger partial charge on any atom is -0.339 e. The molecule has 4 aromatic rings. The number of likely N-dealkylation sites (tertiary alicyclic amines) is 1. The van der Waals surface area contributed by atoms with Gasteiger partial charge >= 0.3 is 6.18 Å². The van der Waals surface area contributed by atoms with E-state index < -0.39 is 24.4 Å². The lowest BCUT2D eigenvalue weighted by atomic mass is 9.94. The van der Waals surface area contributed by atoms with Gasteiger partial charge in [-0.3, -0.25) is 19.7 Å². The summed E-state index contributed by atoms with van der Waals surface area (Å²) in [6, 6.07) is 12.8. The fourth-order valence-electron chi connectivity index (χ4n) is 5.14. The van der Waals surface area contributed by atoms with E-state index >= 15 is 0 Å². The van der Waals surface area contributed by atoms with Crippen molar-refractivity contribution in [1.82, 2.24) is 25.0 Å². The number of nitrogens with one attached hydrogen (secondary N) is 1. The number of carbonyl (C=O) groups is 2. The van der Waals surface area contributed by atoms with Gasteiger partial charge in [0.05, 0.1) is 17.4 Å². The average Bonchev–Trinajstić information content (AvgIpc) is 3.42. The SMILES string of the molecule is Cc1c(C(=O)N(CC2CCN(C(=O)c3ccc(-c4ccc(F)cn4)cc3)CC2)CC(F)(F)F)ccc2n[nH]cc12. The van der Waals surface area contributed by atoms with Gasteiger partial charge in [0.15, 0.2) is 0 Å². The van der Waals surface area contributed by atoms with Crippen molar-refractivity contribution in [2.24, 2.45) is 5.92 Å². The second-order valence-corrected chi connectivity index (χ2v) is 10.0. The van der Waals surface area contributed by atoms with Gasteiger partial charge in [-0.25, -0.2) is 4.39 Å². The van der Waals surface area contributed by atoms with Crippen molar-refractivity contribution in [1.29, 1.82) is 0 Å². The van der Waals surface area contributed by atoms with Crippen molar-refractivity contribution >= 4 is 22.7 Å². The van der Waals surface area contributed by atoms with Crippen LogP contribution < -0.4 is 0 Å². The van der Waals surface area contributed by atoms with Gasteiger partial charge in [0.25, 0.3) is 11.8 Å². The molecule has 1 aliphatic heterocycles. The molecule has 208 valence electrons. The van der Waals surface area contributed by atoms with Crippen molar-refractivity contribution in [3.05, 3.63) is 83.4 Å². The summed E-state index contributed by atoms with van der Waals surface area (Å²) in [4.78, 5) is 32.9. The Labute approximate surface area is 227 Å². The first-order valence-corrected chi connectivity index (χ1v) is 12.9. The summed E-state index contributed by atoms with van der Waals surface area (Å²) in [6.45, 7) is 1.05. The Hall–Kier alpha value is -4.28. The van der Waals surface area contributed by atoms with Crippen LogP contribution in [-0.2, 0) is 0 Å². The molecule has 1 N–H and O–H groups in total. The normalized spacial score (nSPS) is 14.5. The van der Waals surface area contributed by atoms with Crippen LogP contribution in [0.2, 0.25) is 0 Å². The molecule has 0 unspecified atom stereocenters. The van der Waals surface area contributed by atoms with E-state index in [9.17, 15) is 27.2 Å². The zero-order chi connectivity index (χ0) is 28.4. The Balaban J connectivity index is 1.23. The molecule has 0 radical (unpaired) electrons. The number of aromatic amines is 1. The van der Waals surface area contributed by atoms with E-state index in [1.807, 2.05) is 0 Å². The predicted molar refractivity (Wildman–Crippen MR) is 141 cm³/mol. The lowest BCUT2D eigenvalue weighted by molar-refractivity contribution is -0.142. The van der Waals surface area contributed by atoms with Crippen LogP contribution in [0.5, 0.6) is 0 Å². The number of aryl methyl sites for hydroxylation is 1. The van der Waals surface area contributed by atoms with E-state index in [2.05, 4.69) is 15.2 Å². The Morgan fingerprint density at radius 3 is 2.42 bits per heavy atom. The minimum absolute atomic E-state index is 0.0530. The maximum atomic E-state index is 13.5. The number of fused-ring (bicyclic) bond motifs is 1. The third kappa shape index (κ3) is 5.98. The number of benzene rings is 2. The number of piperidine rings is 1. The average molecular weight is 554 g/mol. The molecule has 1 aliphatic rings. The molecule has 2 amide bonds. The third-order valence-corrected chi connectivity index (χ3v) is 7.31. The van der Waals surface area contributed by atoms with Crippen LogP contribution in [0.1, 0.15) is 39.1 Å². The van der Waals surface area contributed by atoms with E-state index in [4.69, 9.17) is 0 Å². The summed E-state index contributed by atoms with van der Waals surface area (Å²) in [6.07, 6.45) is -0.846. The number of nitrogens with zero attached hydrogens (tertiary/aromatic N) is 4. The van der Waals surface area contributed by atoms with E-state index in [0.29, 0.717) is 53.7 Å². The first-order valence-electron chi connectivity index (χ1n) is 12.9. The Bertz CT molecular complexity index is 1510. The van der Waals surface area contributed by atoms with Gasteiger partial charge in [0.2, 0.25) is 0 Å². The van der Waals surface area contributed by atoms with Gasteiger partial charge in [0.1, 0.15) is 12.4 Å². The zero-order valence-electron chi connectivity index (χ0n) is 21.7. The Morgan fingerprint density at radius 2 is 1.77 bits per heavy atom. The highest BCUT2D eigenvalue weighted by Crippen LogP contribution is 2.27. The number of pyridine rings is 1. The van der Waals surface area contributed by atoms with Gasteiger partial charge in [-0.2, -0.15) is 18.3 Å². The summed E-state index contributed by atoms with van der Waals surface area (Å²) in [5.74, 6) is -1.47. The summed E-state index contributed by atoms with van der Waals surface area (Å²) in [5, 5.41) is 7.46. The monoisotopic (exact) mass is 553 g/mol. The summed E-state index contributed by atoms with van der Waals surface area (Å²) in [7, 11) is 0. The molecule has 5 rings (SSSR count). The zero-order valence-corrected chi connectivity index (χ0v) is 21.7. The van der Waals surface area contributed by atoms with Crippen LogP contribution in [0.15, 0.2) is 60.9 Å². The number of amides is 2. The van der Waals surface area contributed by atoms with Crippen molar-refractivity contribution in [3.8, 4) is 11.3 Å².